The SMILES string of the molecule is CCc1ccc(S(=O)(=O)N2CCCC(Oc3nc(CC)nc4c3CCOCC4)C2)cc1. The second kappa shape index (κ2) is 9.63. The molecular weight excluding hydrogens is 414 g/mol. The van der Waals surface area contributed by atoms with Gasteiger partial charge < -0.3 is 9.47 Å². The Morgan fingerprint density at radius 3 is 2.61 bits per heavy atom. The van der Waals surface area contributed by atoms with Crippen LogP contribution < -0.4 is 4.74 Å². The van der Waals surface area contributed by atoms with Crippen LogP contribution >= 0.6 is 0 Å². The maximum Gasteiger partial charge on any atom is 0.243 e. The van der Waals surface area contributed by atoms with Crippen molar-refractivity contribution in [2.75, 3.05) is 26.3 Å². The number of sulfonamides is 1. The number of aryl methyl sites for hydroxylation is 2. The molecule has 3 heterocycles. The van der Waals surface area contributed by atoms with Crippen LogP contribution in [-0.2, 0) is 40.4 Å². The number of fused-ring (bicyclic) bond motifs is 1. The van der Waals surface area contributed by atoms with E-state index >= 15 is 0 Å². The Morgan fingerprint density at radius 1 is 1.10 bits per heavy atom. The third kappa shape index (κ3) is 4.91. The van der Waals surface area contributed by atoms with Crippen molar-refractivity contribution in [2.45, 2.75) is 63.4 Å². The highest BCUT2D eigenvalue weighted by Gasteiger charge is 2.32. The van der Waals surface area contributed by atoms with Gasteiger partial charge in [-0.2, -0.15) is 9.29 Å². The summed E-state index contributed by atoms with van der Waals surface area (Å²) in [4.78, 5) is 9.66. The Balaban J connectivity index is 1.54. The summed E-state index contributed by atoms with van der Waals surface area (Å²) in [5.74, 6) is 1.36. The number of piperidine rings is 1. The van der Waals surface area contributed by atoms with Crippen LogP contribution in [0.5, 0.6) is 5.88 Å². The molecule has 0 N–H and O–H groups in total. The minimum absolute atomic E-state index is 0.230. The molecule has 0 amide bonds. The number of aromatic nitrogens is 2. The van der Waals surface area contributed by atoms with Crippen LogP contribution in [0.25, 0.3) is 0 Å². The average molecular weight is 446 g/mol. The first kappa shape index (κ1) is 22.2. The van der Waals surface area contributed by atoms with E-state index < -0.39 is 10.0 Å². The zero-order chi connectivity index (χ0) is 21.8. The highest BCUT2D eigenvalue weighted by molar-refractivity contribution is 7.89. The predicted molar refractivity (Wildman–Crippen MR) is 118 cm³/mol. The number of hydrogen-bond acceptors (Lipinski definition) is 6. The van der Waals surface area contributed by atoms with E-state index in [0.717, 1.165) is 54.7 Å². The van der Waals surface area contributed by atoms with E-state index in [1.54, 1.807) is 16.4 Å². The maximum atomic E-state index is 13.2. The molecule has 1 aromatic carbocycles. The van der Waals surface area contributed by atoms with Gasteiger partial charge >= 0.3 is 0 Å². The van der Waals surface area contributed by atoms with E-state index in [-0.39, 0.29) is 6.10 Å². The minimum atomic E-state index is -3.55. The van der Waals surface area contributed by atoms with Gasteiger partial charge in [0.25, 0.3) is 0 Å². The van der Waals surface area contributed by atoms with Crippen molar-refractivity contribution in [2.24, 2.45) is 0 Å². The standard InChI is InChI=1S/C23H31N3O4S/c1-3-17-7-9-19(10-8-17)31(27,28)26-13-5-6-18(16-26)30-23-20-11-14-29-15-12-21(20)24-22(4-2)25-23/h7-10,18H,3-6,11-16H2,1-2H3. The fourth-order valence-corrected chi connectivity index (χ4v) is 5.65. The number of nitrogens with zero attached hydrogens (tertiary/aromatic N) is 3. The highest BCUT2D eigenvalue weighted by Crippen LogP contribution is 2.28. The van der Waals surface area contributed by atoms with E-state index in [4.69, 9.17) is 9.47 Å². The molecule has 2 aliphatic heterocycles. The molecule has 1 saturated heterocycles. The Kier molecular flexibility index (Phi) is 6.89. The minimum Gasteiger partial charge on any atom is -0.473 e. The smallest absolute Gasteiger partial charge is 0.243 e. The third-order valence-electron chi connectivity index (χ3n) is 5.99. The largest absolute Gasteiger partial charge is 0.473 e. The van der Waals surface area contributed by atoms with Crippen molar-refractivity contribution in [3.8, 4) is 5.88 Å². The topological polar surface area (TPSA) is 81.6 Å². The first-order valence-electron chi connectivity index (χ1n) is 11.2. The van der Waals surface area contributed by atoms with Crippen molar-refractivity contribution in [1.29, 1.82) is 0 Å². The number of hydrogen-bond donors (Lipinski definition) is 0. The molecule has 4 rings (SSSR count). The summed E-state index contributed by atoms with van der Waals surface area (Å²) in [5, 5.41) is 0. The zero-order valence-electron chi connectivity index (χ0n) is 18.3. The summed E-state index contributed by atoms with van der Waals surface area (Å²) in [6.45, 7) is 6.19. The molecule has 1 atom stereocenters. The van der Waals surface area contributed by atoms with Gasteiger partial charge in [-0.05, 0) is 37.0 Å². The van der Waals surface area contributed by atoms with Crippen molar-refractivity contribution in [3.05, 3.63) is 46.9 Å². The van der Waals surface area contributed by atoms with Gasteiger partial charge in [0.15, 0.2) is 0 Å². The Bertz CT molecular complexity index is 1010. The maximum absolute atomic E-state index is 13.2. The monoisotopic (exact) mass is 445 g/mol. The normalized spacial score (nSPS) is 20.1. The lowest BCUT2D eigenvalue weighted by Crippen LogP contribution is -2.44. The van der Waals surface area contributed by atoms with Gasteiger partial charge in [0, 0.05) is 31.4 Å². The summed E-state index contributed by atoms with van der Waals surface area (Å²) in [5.41, 5.74) is 3.12. The van der Waals surface area contributed by atoms with Crippen LogP contribution in [0.15, 0.2) is 29.2 Å². The quantitative estimate of drug-likeness (QED) is 0.680. The second-order valence-electron chi connectivity index (χ2n) is 8.08. The number of ether oxygens (including phenoxy) is 2. The van der Waals surface area contributed by atoms with E-state index in [1.807, 2.05) is 19.1 Å². The first-order valence-corrected chi connectivity index (χ1v) is 12.7. The number of benzene rings is 1. The van der Waals surface area contributed by atoms with Crippen LogP contribution in [-0.4, -0.2) is 55.1 Å². The van der Waals surface area contributed by atoms with Gasteiger partial charge in [0.05, 0.1) is 30.3 Å². The van der Waals surface area contributed by atoms with Gasteiger partial charge in [-0.3, -0.25) is 0 Å². The molecule has 0 saturated carbocycles. The Hall–Kier alpha value is -2.03. The van der Waals surface area contributed by atoms with Gasteiger partial charge in [-0.1, -0.05) is 26.0 Å². The van der Waals surface area contributed by atoms with Crippen LogP contribution in [0.4, 0.5) is 0 Å². The molecule has 0 radical (unpaired) electrons. The second-order valence-corrected chi connectivity index (χ2v) is 10.0. The van der Waals surface area contributed by atoms with E-state index in [2.05, 4.69) is 16.9 Å². The Morgan fingerprint density at radius 2 is 1.87 bits per heavy atom. The van der Waals surface area contributed by atoms with Crippen molar-refractivity contribution in [1.82, 2.24) is 14.3 Å². The van der Waals surface area contributed by atoms with Crippen LogP contribution in [0.2, 0.25) is 0 Å². The van der Waals surface area contributed by atoms with Gasteiger partial charge in [0.2, 0.25) is 15.9 Å². The lowest BCUT2D eigenvalue weighted by molar-refractivity contribution is 0.121. The fourth-order valence-electron chi connectivity index (χ4n) is 4.14. The van der Waals surface area contributed by atoms with Crippen molar-refractivity contribution in [3.63, 3.8) is 0 Å². The van der Waals surface area contributed by atoms with Gasteiger partial charge in [-0.25, -0.2) is 13.4 Å². The first-order chi connectivity index (χ1) is 15.0. The molecule has 31 heavy (non-hydrogen) atoms. The summed E-state index contributed by atoms with van der Waals surface area (Å²) in [6.07, 6.45) is 4.40. The molecule has 168 valence electrons. The molecule has 2 aliphatic rings. The molecule has 2 aromatic rings. The van der Waals surface area contributed by atoms with Crippen LogP contribution in [0.1, 0.15) is 49.3 Å². The molecule has 0 spiro atoms. The summed E-state index contributed by atoms with van der Waals surface area (Å²) in [7, 11) is -3.55. The van der Waals surface area contributed by atoms with E-state index in [9.17, 15) is 8.42 Å². The molecule has 1 fully saturated rings. The molecule has 8 heteroatoms. The summed E-state index contributed by atoms with van der Waals surface area (Å²) < 4.78 is 39.9. The third-order valence-corrected chi connectivity index (χ3v) is 7.86. The van der Waals surface area contributed by atoms with E-state index in [0.29, 0.717) is 43.5 Å². The lowest BCUT2D eigenvalue weighted by Gasteiger charge is -2.32. The fraction of sp³-hybridized carbons (Fsp3) is 0.565. The zero-order valence-corrected chi connectivity index (χ0v) is 19.2. The summed E-state index contributed by atoms with van der Waals surface area (Å²) >= 11 is 0. The molecule has 1 unspecified atom stereocenters. The van der Waals surface area contributed by atoms with Gasteiger partial charge in [0.1, 0.15) is 11.9 Å². The van der Waals surface area contributed by atoms with Crippen LogP contribution in [0.3, 0.4) is 0 Å². The average Bonchev–Trinajstić information content (AvgIpc) is 3.05. The molecule has 0 bridgehead atoms. The summed E-state index contributed by atoms with van der Waals surface area (Å²) in [6, 6.07) is 7.18. The highest BCUT2D eigenvalue weighted by atomic mass is 32.2. The molecular formula is C23H31N3O4S. The van der Waals surface area contributed by atoms with E-state index in [1.165, 1.54) is 0 Å². The molecule has 0 aliphatic carbocycles. The number of rotatable bonds is 6. The predicted octanol–water partition coefficient (Wildman–Crippen LogP) is 2.95. The van der Waals surface area contributed by atoms with Crippen LogP contribution in [0, 0.1) is 0 Å². The van der Waals surface area contributed by atoms with Gasteiger partial charge in [-0.15, -0.1) is 0 Å². The van der Waals surface area contributed by atoms with Crippen molar-refractivity contribution >= 4 is 10.0 Å². The Labute approximate surface area is 184 Å². The molecule has 1 aromatic heterocycles. The molecule has 7 nitrogen and oxygen atoms in total. The van der Waals surface area contributed by atoms with Crippen molar-refractivity contribution < 1.29 is 17.9 Å². The lowest BCUT2D eigenvalue weighted by atomic mass is 10.1.